The molecule has 0 saturated carbocycles. The number of carbonyl (C=O) groups is 1. The van der Waals surface area contributed by atoms with E-state index in [-0.39, 0.29) is 0 Å². The third-order valence-electron chi connectivity index (χ3n) is 1.71. The Morgan fingerprint density at radius 1 is 1.73 bits per heavy atom. The molecular weight excluding hydrogens is 151 g/mol. The Labute approximate surface area is 63.8 Å². The summed E-state index contributed by atoms with van der Waals surface area (Å²) in [4.78, 5) is 10.1. The van der Waals surface area contributed by atoms with E-state index in [2.05, 4.69) is 10.6 Å². The van der Waals surface area contributed by atoms with Crippen molar-refractivity contribution in [2.75, 3.05) is 13.1 Å². The second-order valence-electron chi connectivity index (χ2n) is 2.56. The van der Waals surface area contributed by atoms with Gasteiger partial charge in [0.15, 0.2) is 0 Å². The summed E-state index contributed by atoms with van der Waals surface area (Å²) in [6, 6.07) is -0.582. The molecule has 4 nitrogen and oxygen atoms in total. The van der Waals surface area contributed by atoms with Gasteiger partial charge in [0.2, 0.25) is 0 Å². The maximum Gasteiger partial charge on any atom is 0.405 e. The molecule has 1 aliphatic heterocycles. The van der Waals surface area contributed by atoms with Crippen molar-refractivity contribution < 1.29 is 14.3 Å². The number of amides is 1. The average Bonchev–Trinajstić information content (AvgIpc) is 1.93. The molecule has 1 fully saturated rings. The third-order valence-corrected chi connectivity index (χ3v) is 1.71. The molecule has 0 aromatic rings. The van der Waals surface area contributed by atoms with Crippen molar-refractivity contribution in [2.24, 2.45) is 0 Å². The maximum absolute atomic E-state index is 12.8. The minimum Gasteiger partial charge on any atom is -0.465 e. The zero-order chi connectivity index (χ0) is 8.27. The van der Waals surface area contributed by atoms with Crippen LogP contribution in [0, 0.1) is 0 Å². The summed E-state index contributed by atoms with van der Waals surface area (Å²) in [7, 11) is 0. The molecule has 0 aromatic heterocycles. The molecule has 0 aromatic carbocycles. The van der Waals surface area contributed by atoms with Crippen molar-refractivity contribution in [3.63, 3.8) is 0 Å². The minimum atomic E-state index is -1.17. The first kappa shape index (κ1) is 8.26. The van der Waals surface area contributed by atoms with E-state index in [9.17, 15) is 9.18 Å². The van der Waals surface area contributed by atoms with Gasteiger partial charge in [0.25, 0.3) is 0 Å². The Bertz CT molecular complexity index is 154. The molecule has 1 saturated heterocycles. The van der Waals surface area contributed by atoms with Crippen LogP contribution in [0.1, 0.15) is 6.42 Å². The van der Waals surface area contributed by atoms with Crippen LogP contribution in [0.15, 0.2) is 0 Å². The Morgan fingerprint density at radius 3 is 3.00 bits per heavy atom. The van der Waals surface area contributed by atoms with Gasteiger partial charge >= 0.3 is 6.09 Å². The number of piperidine rings is 1. The summed E-state index contributed by atoms with van der Waals surface area (Å²) in [5, 5.41) is 13.3. The summed E-state index contributed by atoms with van der Waals surface area (Å²) in [5.74, 6) is 0. The predicted octanol–water partition coefficient (Wildman–Crippen LogP) is -0.0460. The van der Waals surface area contributed by atoms with Crippen molar-refractivity contribution in [2.45, 2.75) is 18.6 Å². The molecule has 11 heavy (non-hydrogen) atoms. The largest absolute Gasteiger partial charge is 0.465 e. The Hall–Kier alpha value is -0.840. The normalized spacial score (nSPS) is 31.4. The lowest BCUT2D eigenvalue weighted by Crippen LogP contribution is -2.51. The van der Waals surface area contributed by atoms with E-state index >= 15 is 0 Å². The fourth-order valence-electron chi connectivity index (χ4n) is 1.13. The number of hydrogen-bond acceptors (Lipinski definition) is 2. The number of carboxylic acid groups (broad SMARTS) is 1. The zero-order valence-corrected chi connectivity index (χ0v) is 6.01. The Balaban J connectivity index is 2.35. The predicted molar refractivity (Wildman–Crippen MR) is 37.3 cm³/mol. The van der Waals surface area contributed by atoms with Gasteiger partial charge in [0, 0.05) is 6.54 Å². The molecule has 0 spiro atoms. The van der Waals surface area contributed by atoms with Crippen molar-refractivity contribution in [1.29, 1.82) is 0 Å². The first-order valence-electron chi connectivity index (χ1n) is 3.54. The lowest BCUT2D eigenvalue weighted by molar-refractivity contribution is 0.162. The van der Waals surface area contributed by atoms with Crippen LogP contribution < -0.4 is 10.6 Å². The van der Waals surface area contributed by atoms with E-state index in [4.69, 9.17) is 5.11 Å². The van der Waals surface area contributed by atoms with E-state index < -0.39 is 18.3 Å². The van der Waals surface area contributed by atoms with Gasteiger partial charge in [-0.15, -0.1) is 0 Å². The number of halogens is 1. The van der Waals surface area contributed by atoms with Gasteiger partial charge in [0.05, 0.1) is 6.04 Å². The minimum absolute atomic E-state index is 0.380. The molecule has 0 unspecified atom stereocenters. The molecule has 1 rings (SSSR count). The highest BCUT2D eigenvalue weighted by Gasteiger charge is 2.25. The van der Waals surface area contributed by atoms with E-state index in [1.54, 1.807) is 0 Å². The molecule has 0 radical (unpaired) electrons. The van der Waals surface area contributed by atoms with Crippen molar-refractivity contribution in [3.05, 3.63) is 0 Å². The second kappa shape index (κ2) is 3.52. The third kappa shape index (κ3) is 2.34. The number of nitrogens with one attached hydrogen (secondary N) is 2. The Morgan fingerprint density at radius 2 is 2.45 bits per heavy atom. The summed E-state index contributed by atoms with van der Waals surface area (Å²) in [6.45, 7) is 1.01. The zero-order valence-electron chi connectivity index (χ0n) is 6.01. The van der Waals surface area contributed by atoms with Crippen LogP contribution in [-0.2, 0) is 0 Å². The topological polar surface area (TPSA) is 61.4 Å². The number of alkyl halides is 1. The average molecular weight is 162 g/mol. The lowest BCUT2D eigenvalue weighted by Gasteiger charge is -2.26. The molecule has 0 aliphatic carbocycles. The van der Waals surface area contributed by atoms with Gasteiger partial charge in [-0.3, -0.25) is 0 Å². The second-order valence-corrected chi connectivity index (χ2v) is 2.56. The summed E-state index contributed by atoms with van der Waals surface area (Å²) in [6.07, 6.45) is -1.83. The van der Waals surface area contributed by atoms with Crippen LogP contribution >= 0.6 is 0 Å². The van der Waals surface area contributed by atoms with E-state index in [1.807, 2.05) is 0 Å². The molecule has 1 aliphatic rings. The van der Waals surface area contributed by atoms with E-state index in [1.165, 1.54) is 0 Å². The highest BCUT2D eigenvalue weighted by atomic mass is 19.1. The van der Waals surface area contributed by atoms with Crippen molar-refractivity contribution in [3.8, 4) is 0 Å². The quantitative estimate of drug-likeness (QED) is 0.506. The molecule has 1 amide bonds. The molecule has 0 bridgehead atoms. The van der Waals surface area contributed by atoms with Gasteiger partial charge in [-0.25, -0.2) is 9.18 Å². The molecule has 2 atom stereocenters. The van der Waals surface area contributed by atoms with Crippen LogP contribution in [0.4, 0.5) is 9.18 Å². The monoisotopic (exact) mass is 162 g/mol. The lowest BCUT2D eigenvalue weighted by atomic mass is 10.1. The number of hydrogen-bond donors (Lipinski definition) is 3. The highest BCUT2D eigenvalue weighted by Crippen LogP contribution is 2.07. The van der Waals surface area contributed by atoms with Gasteiger partial charge in [-0.1, -0.05) is 0 Å². The fourth-order valence-corrected chi connectivity index (χ4v) is 1.13. The van der Waals surface area contributed by atoms with Crippen LogP contribution in [0.3, 0.4) is 0 Å². The SMILES string of the molecule is O=C(O)N[C@H]1CNCC[C@H]1F. The first-order valence-corrected chi connectivity index (χ1v) is 3.54. The molecule has 5 heteroatoms. The van der Waals surface area contributed by atoms with Crippen LogP contribution in [0.25, 0.3) is 0 Å². The van der Waals surface area contributed by atoms with Gasteiger partial charge in [-0.05, 0) is 13.0 Å². The standard InChI is InChI=1S/C6H11FN2O2/c7-4-1-2-8-3-5(4)9-6(10)11/h4-5,8-9H,1-3H2,(H,10,11)/t4-,5+/m1/s1. The van der Waals surface area contributed by atoms with E-state index in [0.717, 1.165) is 0 Å². The van der Waals surface area contributed by atoms with Crippen LogP contribution in [-0.4, -0.2) is 36.5 Å². The Kier molecular flexibility index (Phi) is 2.64. The van der Waals surface area contributed by atoms with Crippen molar-refractivity contribution >= 4 is 6.09 Å². The molecular formula is C6H11FN2O2. The van der Waals surface area contributed by atoms with Crippen LogP contribution in [0.2, 0.25) is 0 Å². The van der Waals surface area contributed by atoms with Gasteiger partial charge in [0.1, 0.15) is 6.17 Å². The summed E-state index contributed by atoms with van der Waals surface area (Å²) in [5.41, 5.74) is 0. The maximum atomic E-state index is 12.8. The summed E-state index contributed by atoms with van der Waals surface area (Å²) < 4.78 is 12.8. The fraction of sp³-hybridized carbons (Fsp3) is 0.833. The molecule has 3 N–H and O–H groups in total. The van der Waals surface area contributed by atoms with Crippen LogP contribution in [0.5, 0.6) is 0 Å². The highest BCUT2D eigenvalue weighted by molar-refractivity contribution is 5.65. The first-order chi connectivity index (χ1) is 5.20. The van der Waals surface area contributed by atoms with Gasteiger partial charge < -0.3 is 15.7 Å². The molecule has 64 valence electrons. The number of rotatable bonds is 1. The van der Waals surface area contributed by atoms with E-state index in [0.29, 0.717) is 19.5 Å². The smallest absolute Gasteiger partial charge is 0.405 e. The molecule has 1 heterocycles. The van der Waals surface area contributed by atoms with Gasteiger partial charge in [-0.2, -0.15) is 0 Å². The van der Waals surface area contributed by atoms with Crippen molar-refractivity contribution in [1.82, 2.24) is 10.6 Å². The summed E-state index contributed by atoms with van der Waals surface area (Å²) >= 11 is 0.